The van der Waals surface area contributed by atoms with Crippen molar-refractivity contribution in [2.24, 2.45) is 0 Å². The topological polar surface area (TPSA) is 265 Å². The molecule has 8 aromatic carbocycles. The zero-order valence-electron chi connectivity index (χ0n) is 32.2. The highest BCUT2D eigenvalue weighted by molar-refractivity contribution is 7.93. The van der Waals surface area contributed by atoms with E-state index in [0.717, 1.165) is 56.6 Å². The Morgan fingerprint density at radius 2 is 0.766 bits per heavy atom. The Labute approximate surface area is 360 Å². The number of nitrogens with one attached hydrogen (secondary N) is 2. The van der Waals surface area contributed by atoms with E-state index in [0.29, 0.717) is 34.4 Å². The van der Waals surface area contributed by atoms with E-state index in [2.05, 4.69) is 33.1 Å². The maximum absolute atomic E-state index is 13.1. The number of nitrogens with zero attached hydrogens (tertiary/aromatic N) is 4. The van der Waals surface area contributed by atoms with Crippen LogP contribution in [0.4, 0.5) is 34.1 Å². The summed E-state index contributed by atoms with van der Waals surface area (Å²) in [5.74, 6) is 12.6. The molecular weight excluding hydrogens is 869 g/mol. The van der Waals surface area contributed by atoms with Crippen molar-refractivity contribution in [1.82, 2.24) is 0 Å². The number of nitro benzene ring substituents is 4. The van der Waals surface area contributed by atoms with E-state index in [1.54, 1.807) is 24.3 Å². The van der Waals surface area contributed by atoms with Gasteiger partial charge in [0.15, 0.2) is 9.79 Å². The van der Waals surface area contributed by atoms with Crippen LogP contribution in [-0.2, 0) is 20.0 Å². The van der Waals surface area contributed by atoms with Gasteiger partial charge in [0.1, 0.15) is 0 Å². The van der Waals surface area contributed by atoms with Crippen molar-refractivity contribution in [2.45, 2.75) is 9.79 Å². The SMILES string of the molecule is O=[N+]([O-])c1ccc(S(=O)(=O)Nc2ccc(C#Cc3ccc4ccc5ccc(C#Cc6ccc(NS(=O)(=O)c7ccc([N+](=O)[O-])cc7[N+](=O)[O-])cc6)c6ccc3c4c56)cc2)c([N+](=O)[O-])c1. The first kappa shape index (κ1) is 41.7. The summed E-state index contributed by atoms with van der Waals surface area (Å²) in [5, 5.41) is 50.8. The van der Waals surface area contributed by atoms with Crippen LogP contribution in [0.3, 0.4) is 0 Å². The third-order valence-corrected chi connectivity index (χ3v) is 12.8. The van der Waals surface area contributed by atoms with Crippen molar-refractivity contribution in [3.8, 4) is 23.7 Å². The first-order valence-electron chi connectivity index (χ1n) is 18.3. The van der Waals surface area contributed by atoms with Gasteiger partial charge < -0.3 is 0 Å². The highest BCUT2D eigenvalue weighted by Crippen LogP contribution is 2.38. The van der Waals surface area contributed by atoms with Gasteiger partial charge in [-0.2, -0.15) is 0 Å². The summed E-state index contributed by atoms with van der Waals surface area (Å²) >= 11 is 0. The molecule has 0 radical (unpaired) electrons. The van der Waals surface area contributed by atoms with Gasteiger partial charge in [-0.25, -0.2) is 16.8 Å². The summed E-state index contributed by atoms with van der Waals surface area (Å²) in [4.78, 5) is 40.0. The number of rotatable bonds is 10. The smallest absolute Gasteiger partial charge is 0.279 e. The standard InChI is InChI=1S/C44H24N6O12S2/c51-47(52)35-19-23-41(39(25-35)49(55)56)63(59,60)45-33-15-3-27(4-16-33)1-7-29-9-11-31-13-14-32-12-10-30(38-22-21-37(29)43(31)44(32)38)8-2-28-5-17-34(18-6-28)46-64(61,62)42-24-20-36(48(53)54)26-40(42)50(57)58/h3-6,9-26,45-46H. The van der Waals surface area contributed by atoms with Crippen molar-refractivity contribution < 1.29 is 36.5 Å². The Bertz CT molecular complexity index is 3430. The van der Waals surface area contributed by atoms with Crippen LogP contribution in [0, 0.1) is 64.1 Å². The molecule has 2 N–H and O–H groups in total. The summed E-state index contributed by atoms with van der Waals surface area (Å²) in [6.45, 7) is 0. The van der Waals surface area contributed by atoms with Crippen LogP contribution in [0.2, 0.25) is 0 Å². The van der Waals surface area contributed by atoms with Crippen LogP contribution in [-0.4, -0.2) is 36.5 Å². The number of sulfonamides is 2. The van der Waals surface area contributed by atoms with Crippen LogP contribution in [0.15, 0.2) is 143 Å². The summed E-state index contributed by atoms with van der Waals surface area (Å²) in [5.41, 5.74) is -0.490. The second-order valence-corrected chi connectivity index (χ2v) is 17.1. The average molecular weight is 893 g/mol. The van der Waals surface area contributed by atoms with Gasteiger partial charge in [0, 0.05) is 45.8 Å². The van der Waals surface area contributed by atoms with E-state index in [1.165, 1.54) is 24.3 Å². The normalized spacial score (nSPS) is 11.3. The molecule has 314 valence electrons. The summed E-state index contributed by atoms with van der Waals surface area (Å²) < 4.78 is 56.8. The predicted octanol–water partition coefficient (Wildman–Crippen LogP) is 8.62. The van der Waals surface area contributed by atoms with Crippen molar-refractivity contribution in [3.05, 3.63) is 196 Å². The molecule has 0 aliphatic rings. The lowest BCUT2D eigenvalue weighted by molar-refractivity contribution is -0.396. The molecular formula is C44H24N6O12S2. The molecule has 0 saturated carbocycles. The summed E-state index contributed by atoms with van der Waals surface area (Å²) in [6, 6.07) is 32.1. The number of hydrogen-bond acceptors (Lipinski definition) is 12. The van der Waals surface area contributed by atoms with Gasteiger partial charge >= 0.3 is 0 Å². The van der Waals surface area contributed by atoms with Gasteiger partial charge in [0.25, 0.3) is 42.8 Å². The second-order valence-electron chi connectivity index (χ2n) is 13.8. The zero-order valence-corrected chi connectivity index (χ0v) is 33.8. The number of non-ortho nitro benzene ring substituents is 2. The number of nitro groups is 4. The molecule has 0 aliphatic heterocycles. The number of anilines is 2. The Balaban J connectivity index is 1.03. The second kappa shape index (κ2) is 16.1. The molecule has 0 aromatic heterocycles. The Morgan fingerprint density at radius 3 is 1.11 bits per heavy atom. The molecule has 20 heteroatoms. The fourth-order valence-electron chi connectivity index (χ4n) is 6.94. The molecule has 18 nitrogen and oxygen atoms in total. The lowest BCUT2D eigenvalue weighted by Crippen LogP contribution is -2.15. The van der Waals surface area contributed by atoms with Gasteiger partial charge in [-0.05, 0) is 105 Å². The molecule has 0 aliphatic carbocycles. The Morgan fingerprint density at radius 1 is 0.406 bits per heavy atom. The lowest BCUT2D eigenvalue weighted by Gasteiger charge is -2.13. The summed E-state index contributed by atoms with van der Waals surface area (Å²) in [6.07, 6.45) is 0. The Hall–Kier alpha value is -8.98. The molecule has 0 saturated heterocycles. The molecule has 8 aromatic rings. The molecule has 0 heterocycles. The molecule has 0 atom stereocenters. The fourth-order valence-corrected chi connectivity index (χ4v) is 9.36. The van der Waals surface area contributed by atoms with Gasteiger partial charge in [0.2, 0.25) is 0 Å². The zero-order chi connectivity index (χ0) is 45.5. The van der Waals surface area contributed by atoms with Gasteiger partial charge in [-0.15, -0.1) is 0 Å². The van der Waals surface area contributed by atoms with Crippen molar-refractivity contribution >= 4 is 86.5 Å². The third-order valence-electron chi connectivity index (χ3n) is 9.90. The molecule has 0 fully saturated rings. The average Bonchev–Trinajstić information content (AvgIpc) is 3.27. The fraction of sp³-hybridized carbons (Fsp3) is 0. The van der Waals surface area contributed by atoms with Crippen LogP contribution in [0.1, 0.15) is 22.3 Å². The van der Waals surface area contributed by atoms with Crippen molar-refractivity contribution in [1.29, 1.82) is 0 Å². The van der Waals surface area contributed by atoms with E-state index < -0.39 is 72.3 Å². The molecule has 0 unspecified atom stereocenters. The van der Waals surface area contributed by atoms with E-state index in [9.17, 15) is 57.3 Å². The van der Waals surface area contributed by atoms with Crippen LogP contribution in [0.25, 0.3) is 32.3 Å². The first-order chi connectivity index (χ1) is 30.5. The molecule has 0 spiro atoms. The van der Waals surface area contributed by atoms with E-state index in [4.69, 9.17) is 0 Å². The maximum atomic E-state index is 13.1. The minimum absolute atomic E-state index is 0.0798. The van der Waals surface area contributed by atoms with E-state index in [-0.39, 0.29) is 11.4 Å². The highest BCUT2D eigenvalue weighted by Gasteiger charge is 2.30. The first-order valence-corrected chi connectivity index (χ1v) is 21.3. The molecule has 64 heavy (non-hydrogen) atoms. The van der Waals surface area contributed by atoms with E-state index in [1.807, 2.05) is 48.5 Å². The van der Waals surface area contributed by atoms with Crippen molar-refractivity contribution in [3.63, 3.8) is 0 Å². The van der Waals surface area contributed by atoms with Crippen molar-refractivity contribution in [2.75, 3.05) is 9.44 Å². The largest absolute Gasteiger partial charge is 0.296 e. The van der Waals surface area contributed by atoms with Gasteiger partial charge in [0.05, 0.1) is 31.8 Å². The minimum Gasteiger partial charge on any atom is -0.279 e. The Kier molecular flexibility index (Phi) is 10.5. The third kappa shape index (κ3) is 8.11. The van der Waals surface area contributed by atoms with E-state index >= 15 is 0 Å². The minimum atomic E-state index is -4.50. The van der Waals surface area contributed by atoms with Gasteiger partial charge in [-0.3, -0.25) is 49.9 Å². The molecule has 0 amide bonds. The quantitative estimate of drug-likeness (QED) is 0.0565. The molecule has 8 rings (SSSR count). The number of benzene rings is 8. The van der Waals surface area contributed by atoms with Gasteiger partial charge in [-0.1, -0.05) is 60.1 Å². The van der Waals surface area contributed by atoms with Crippen LogP contribution >= 0.6 is 0 Å². The maximum Gasteiger partial charge on any atom is 0.296 e. The monoisotopic (exact) mass is 892 g/mol. The lowest BCUT2D eigenvalue weighted by atomic mass is 9.90. The predicted molar refractivity (Wildman–Crippen MR) is 236 cm³/mol. The van der Waals surface area contributed by atoms with Crippen LogP contribution < -0.4 is 9.44 Å². The highest BCUT2D eigenvalue weighted by atomic mass is 32.2. The number of hydrogen-bond donors (Lipinski definition) is 2. The van der Waals surface area contributed by atoms with Crippen LogP contribution in [0.5, 0.6) is 0 Å². The summed E-state index contributed by atoms with van der Waals surface area (Å²) in [7, 11) is -9.00. The molecule has 0 bridgehead atoms.